The number of nitrogens with two attached hydrogens (primary N) is 1. The summed E-state index contributed by atoms with van der Waals surface area (Å²) in [5, 5.41) is 7.08. The van der Waals surface area contributed by atoms with Crippen molar-refractivity contribution in [1.29, 1.82) is 5.41 Å². The molecule has 1 rings (SSSR count). The third-order valence-electron chi connectivity index (χ3n) is 2.20. The fourth-order valence-electron chi connectivity index (χ4n) is 1.29. The van der Waals surface area contributed by atoms with Crippen molar-refractivity contribution < 1.29 is 8.42 Å². The molecule has 0 radical (unpaired) electrons. The van der Waals surface area contributed by atoms with Crippen LogP contribution in [-0.2, 0) is 10.2 Å². The van der Waals surface area contributed by atoms with Gasteiger partial charge in [0.2, 0.25) is 0 Å². The zero-order chi connectivity index (χ0) is 10.8. The van der Waals surface area contributed by atoms with Crippen molar-refractivity contribution in [2.75, 3.05) is 13.1 Å². The monoisotopic (exact) mass is 220 g/mol. The molecule has 1 fully saturated rings. The van der Waals surface area contributed by atoms with Crippen LogP contribution in [-0.4, -0.2) is 37.7 Å². The number of nitrogens with one attached hydrogen (secondary N) is 2. The molecule has 0 aromatic heterocycles. The summed E-state index contributed by atoms with van der Waals surface area (Å²) >= 11 is 0. The largest absolute Gasteiger partial charge is 0.386 e. The van der Waals surface area contributed by atoms with E-state index in [0.717, 1.165) is 12.8 Å². The third kappa shape index (κ3) is 2.66. The van der Waals surface area contributed by atoms with Crippen LogP contribution < -0.4 is 10.5 Å². The number of hydrogen-bond acceptors (Lipinski definition) is 3. The highest BCUT2D eigenvalue weighted by Crippen LogP contribution is 2.11. The first-order valence-electron chi connectivity index (χ1n) is 4.55. The molecule has 0 bridgehead atoms. The predicted octanol–water partition coefficient (Wildman–Crippen LogP) is -0.759. The van der Waals surface area contributed by atoms with Crippen LogP contribution in [0.1, 0.15) is 19.8 Å². The summed E-state index contributed by atoms with van der Waals surface area (Å²) in [6.45, 7) is 2.66. The van der Waals surface area contributed by atoms with Gasteiger partial charge >= 0.3 is 0 Å². The van der Waals surface area contributed by atoms with E-state index in [1.807, 2.05) is 0 Å². The van der Waals surface area contributed by atoms with Gasteiger partial charge in [0.1, 0.15) is 5.84 Å². The van der Waals surface area contributed by atoms with Crippen LogP contribution in [0.15, 0.2) is 0 Å². The minimum absolute atomic E-state index is 0.173. The highest BCUT2D eigenvalue weighted by Gasteiger charge is 2.26. The number of amidine groups is 1. The van der Waals surface area contributed by atoms with E-state index in [4.69, 9.17) is 11.1 Å². The highest BCUT2D eigenvalue weighted by atomic mass is 32.2. The van der Waals surface area contributed by atoms with Gasteiger partial charge in [0.15, 0.2) is 0 Å². The van der Waals surface area contributed by atoms with Crippen molar-refractivity contribution in [3.63, 3.8) is 0 Å². The van der Waals surface area contributed by atoms with Gasteiger partial charge in [-0.3, -0.25) is 5.41 Å². The molecule has 0 amide bonds. The Bertz CT molecular complexity index is 308. The average Bonchev–Trinajstić information content (AvgIpc) is 2.54. The average molecular weight is 220 g/mol. The molecule has 0 aromatic carbocycles. The van der Waals surface area contributed by atoms with Crippen LogP contribution >= 0.6 is 0 Å². The molecule has 1 unspecified atom stereocenters. The molecule has 82 valence electrons. The fraction of sp³-hybridized carbons (Fsp3) is 0.857. The SMILES string of the molecule is CC(NS(=O)(=O)N1CCCC1)C(=N)N. The molecule has 1 aliphatic rings. The lowest BCUT2D eigenvalue weighted by Crippen LogP contribution is -2.47. The molecule has 4 N–H and O–H groups in total. The maximum Gasteiger partial charge on any atom is 0.280 e. The lowest BCUT2D eigenvalue weighted by Gasteiger charge is -2.19. The zero-order valence-corrected chi connectivity index (χ0v) is 8.97. The lowest BCUT2D eigenvalue weighted by atomic mass is 10.3. The second-order valence-electron chi connectivity index (χ2n) is 3.41. The molecule has 1 aliphatic heterocycles. The minimum atomic E-state index is -3.44. The number of rotatable bonds is 4. The van der Waals surface area contributed by atoms with E-state index in [1.165, 1.54) is 4.31 Å². The molecule has 0 aliphatic carbocycles. The molecular formula is C7H16N4O2S. The molecular weight excluding hydrogens is 204 g/mol. The van der Waals surface area contributed by atoms with Crippen LogP contribution in [0, 0.1) is 5.41 Å². The summed E-state index contributed by atoms with van der Waals surface area (Å²) in [5.74, 6) is -0.173. The summed E-state index contributed by atoms with van der Waals surface area (Å²) < 4.78 is 26.9. The van der Waals surface area contributed by atoms with E-state index in [0.29, 0.717) is 13.1 Å². The molecule has 1 atom stereocenters. The summed E-state index contributed by atoms with van der Waals surface area (Å²) in [6, 6.07) is -0.638. The maximum absolute atomic E-state index is 11.6. The third-order valence-corrected chi connectivity index (χ3v) is 3.89. The van der Waals surface area contributed by atoms with Crippen molar-refractivity contribution in [2.24, 2.45) is 5.73 Å². The summed E-state index contributed by atoms with van der Waals surface area (Å²) in [5.41, 5.74) is 5.18. The number of nitrogens with zero attached hydrogens (tertiary/aromatic N) is 1. The smallest absolute Gasteiger partial charge is 0.280 e. The van der Waals surface area contributed by atoms with Crippen LogP contribution in [0.25, 0.3) is 0 Å². The van der Waals surface area contributed by atoms with Crippen LogP contribution in [0.2, 0.25) is 0 Å². The molecule has 0 spiro atoms. The van der Waals surface area contributed by atoms with Crippen molar-refractivity contribution in [3.05, 3.63) is 0 Å². The first kappa shape index (κ1) is 11.4. The highest BCUT2D eigenvalue weighted by molar-refractivity contribution is 7.87. The van der Waals surface area contributed by atoms with Crippen molar-refractivity contribution >= 4 is 16.0 Å². The van der Waals surface area contributed by atoms with Gasteiger partial charge in [-0.15, -0.1) is 0 Å². The molecule has 6 nitrogen and oxygen atoms in total. The van der Waals surface area contributed by atoms with Gasteiger partial charge in [0, 0.05) is 13.1 Å². The first-order chi connectivity index (χ1) is 6.43. The van der Waals surface area contributed by atoms with E-state index in [9.17, 15) is 8.42 Å². The summed E-state index contributed by atoms with van der Waals surface area (Å²) in [7, 11) is -3.44. The second kappa shape index (κ2) is 4.24. The van der Waals surface area contributed by atoms with E-state index in [2.05, 4.69) is 4.72 Å². The normalized spacial score (nSPS) is 20.9. The van der Waals surface area contributed by atoms with Gasteiger partial charge in [0.25, 0.3) is 10.2 Å². The Balaban J connectivity index is 2.61. The molecule has 1 heterocycles. The quantitative estimate of drug-likeness (QED) is 0.429. The predicted molar refractivity (Wildman–Crippen MR) is 54.2 cm³/mol. The van der Waals surface area contributed by atoms with E-state index in [-0.39, 0.29) is 5.84 Å². The zero-order valence-electron chi connectivity index (χ0n) is 8.16. The van der Waals surface area contributed by atoms with Crippen molar-refractivity contribution in [1.82, 2.24) is 9.03 Å². The Hall–Kier alpha value is -0.660. The number of hydrogen-bond donors (Lipinski definition) is 3. The van der Waals surface area contributed by atoms with Gasteiger partial charge in [-0.1, -0.05) is 0 Å². The lowest BCUT2D eigenvalue weighted by molar-refractivity contribution is 0.463. The van der Waals surface area contributed by atoms with Crippen molar-refractivity contribution in [2.45, 2.75) is 25.8 Å². The molecule has 7 heteroatoms. The molecule has 1 saturated heterocycles. The van der Waals surface area contributed by atoms with Crippen LogP contribution in [0.3, 0.4) is 0 Å². The van der Waals surface area contributed by atoms with Crippen LogP contribution in [0.5, 0.6) is 0 Å². The standard InChI is InChI=1S/C7H16N4O2S/c1-6(7(8)9)10-14(12,13)11-4-2-3-5-11/h6,10H,2-5H2,1H3,(H3,8,9). The summed E-state index contributed by atoms with van der Waals surface area (Å²) in [6.07, 6.45) is 1.80. The van der Waals surface area contributed by atoms with Gasteiger partial charge < -0.3 is 5.73 Å². The Morgan fingerprint density at radius 3 is 2.43 bits per heavy atom. The van der Waals surface area contributed by atoms with Gasteiger partial charge in [0.05, 0.1) is 6.04 Å². The second-order valence-corrected chi connectivity index (χ2v) is 5.11. The Labute approximate surface area is 84.2 Å². The molecule has 0 aromatic rings. The van der Waals surface area contributed by atoms with Crippen LogP contribution in [0.4, 0.5) is 0 Å². The fourth-order valence-corrected chi connectivity index (χ4v) is 2.75. The Morgan fingerprint density at radius 2 is 2.00 bits per heavy atom. The van der Waals surface area contributed by atoms with E-state index < -0.39 is 16.3 Å². The van der Waals surface area contributed by atoms with Gasteiger partial charge in [-0.05, 0) is 19.8 Å². The Morgan fingerprint density at radius 1 is 1.50 bits per heavy atom. The van der Waals surface area contributed by atoms with E-state index in [1.54, 1.807) is 6.92 Å². The maximum atomic E-state index is 11.6. The first-order valence-corrected chi connectivity index (χ1v) is 5.99. The minimum Gasteiger partial charge on any atom is -0.386 e. The molecule has 0 saturated carbocycles. The topological polar surface area (TPSA) is 99.3 Å². The Kier molecular flexibility index (Phi) is 3.46. The van der Waals surface area contributed by atoms with E-state index >= 15 is 0 Å². The van der Waals surface area contributed by atoms with Gasteiger partial charge in [-0.25, -0.2) is 0 Å². The van der Waals surface area contributed by atoms with Crippen molar-refractivity contribution in [3.8, 4) is 0 Å². The van der Waals surface area contributed by atoms with Gasteiger partial charge in [-0.2, -0.15) is 17.4 Å². The molecule has 14 heavy (non-hydrogen) atoms. The summed E-state index contributed by atoms with van der Waals surface area (Å²) in [4.78, 5) is 0.